The van der Waals surface area contributed by atoms with Crippen LogP contribution in [0.3, 0.4) is 0 Å². The van der Waals surface area contributed by atoms with Gasteiger partial charge in [-0.05, 0) is 25.0 Å². The molecule has 0 saturated heterocycles. The fourth-order valence-electron chi connectivity index (χ4n) is 2.12. The molecule has 1 amide bonds. The van der Waals surface area contributed by atoms with Gasteiger partial charge < -0.3 is 10.4 Å². The van der Waals surface area contributed by atoms with E-state index in [2.05, 4.69) is 10.3 Å². The van der Waals surface area contributed by atoms with E-state index in [1.807, 2.05) is 13.8 Å². The number of pyridine rings is 1. The van der Waals surface area contributed by atoms with Gasteiger partial charge in [0.05, 0.1) is 5.60 Å². The molecule has 5 heteroatoms. The van der Waals surface area contributed by atoms with Crippen molar-refractivity contribution in [2.75, 3.05) is 6.54 Å². The summed E-state index contributed by atoms with van der Waals surface area (Å²) in [6.45, 7) is 4.30. The van der Waals surface area contributed by atoms with Crippen LogP contribution in [0.4, 0.5) is 0 Å². The lowest BCUT2D eigenvalue weighted by Gasteiger charge is -2.27. The van der Waals surface area contributed by atoms with Crippen LogP contribution in [0, 0.1) is 0 Å². The Morgan fingerprint density at radius 2 is 2.05 bits per heavy atom. The quantitative estimate of drug-likeness (QED) is 0.757. The number of halogens is 1. The molecule has 1 heterocycles. The molecule has 0 atom stereocenters. The molecule has 0 aliphatic heterocycles. The maximum absolute atomic E-state index is 11.9. The molecule has 0 saturated carbocycles. The van der Waals surface area contributed by atoms with Gasteiger partial charge in [-0.2, -0.15) is 0 Å². The normalized spacial score (nSPS) is 11.4. The van der Waals surface area contributed by atoms with E-state index in [-0.39, 0.29) is 17.6 Å². The van der Waals surface area contributed by atoms with Crippen molar-refractivity contribution in [3.8, 4) is 0 Å². The number of hydrogen-bond acceptors (Lipinski definition) is 3. The van der Waals surface area contributed by atoms with E-state index < -0.39 is 5.60 Å². The van der Waals surface area contributed by atoms with Crippen LogP contribution in [0.25, 0.3) is 0 Å². The third-order valence-corrected chi connectivity index (χ3v) is 3.20. The number of hydrogen-bond donors (Lipinski definition) is 2. The first-order chi connectivity index (χ1) is 9.00. The molecular formula is C14H21ClN2O2. The largest absolute Gasteiger partial charge is 0.388 e. The minimum absolute atomic E-state index is 0.241. The van der Waals surface area contributed by atoms with Gasteiger partial charge in [0.2, 0.25) is 0 Å². The predicted octanol–water partition coefficient (Wildman–Crippen LogP) is 2.80. The first kappa shape index (κ1) is 15.9. The minimum Gasteiger partial charge on any atom is -0.388 e. The molecule has 2 N–H and O–H groups in total. The minimum atomic E-state index is -0.823. The van der Waals surface area contributed by atoms with Crippen LogP contribution in [0.2, 0.25) is 5.15 Å². The number of aromatic nitrogens is 1. The van der Waals surface area contributed by atoms with E-state index in [1.165, 1.54) is 12.3 Å². The number of carbonyl (C=O) groups is 1. The molecule has 0 spiro atoms. The fourth-order valence-corrected chi connectivity index (χ4v) is 2.30. The summed E-state index contributed by atoms with van der Waals surface area (Å²) in [4.78, 5) is 15.8. The molecule has 0 aliphatic rings. The molecule has 19 heavy (non-hydrogen) atoms. The maximum atomic E-state index is 11.9. The van der Waals surface area contributed by atoms with Crippen molar-refractivity contribution < 1.29 is 9.90 Å². The molecule has 0 aliphatic carbocycles. The summed E-state index contributed by atoms with van der Waals surface area (Å²) in [7, 11) is 0. The highest BCUT2D eigenvalue weighted by Gasteiger charge is 2.25. The van der Waals surface area contributed by atoms with Crippen LogP contribution in [0.1, 0.15) is 49.9 Å². The Labute approximate surface area is 119 Å². The standard InChI is InChI=1S/C14H21ClN2O2/c1-3-6-14(19,7-4-2)10-17-13(18)11-5-8-16-12(15)9-11/h5,8-9,19H,3-4,6-7,10H2,1-2H3,(H,17,18). The SMILES string of the molecule is CCCC(O)(CCC)CNC(=O)c1ccnc(Cl)c1. The van der Waals surface area contributed by atoms with E-state index in [0.29, 0.717) is 18.4 Å². The lowest BCUT2D eigenvalue weighted by Crippen LogP contribution is -2.42. The average molecular weight is 285 g/mol. The maximum Gasteiger partial charge on any atom is 0.251 e. The Balaban J connectivity index is 2.61. The van der Waals surface area contributed by atoms with Crippen LogP contribution >= 0.6 is 11.6 Å². The van der Waals surface area contributed by atoms with Crippen LogP contribution < -0.4 is 5.32 Å². The van der Waals surface area contributed by atoms with Crippen molar-refractivity contribution in [1.82, 2.24) is 10.3 Å². The zero-order chi connectivity index (χ0) is 14.3. The van der Waals surface area contributed by atoms with Crippen molar-refractivity contribution in [2.24, 2.45) is 0 Å². The van der Waals surface area contributed by atoms with Gasteiger partial charge in [-0.1, -0.05) is 38.3 Å². The van der Waals surface area contributed by atoms with Crippen LogP contribution in [-0.4, -0.2) is 28.1 Å². The van der Waals surface area contributed by atoms with Gasteiger partial charge in [-0.25, -0.2) is 4.98 Å². The molecule has 0 aromatic carbocycles. The zero-order valence-corrected chi connectivity index (χ0v) is 12.2. The smallest absolute Gasteiger partial charge is 0.251 e. The highest BCUT2D eigenvalue weighted by molar-refractivity contribution is 6.29. The summed E-state index contributed by atoms with van der Waals surface area (Å²) in [5.41, 5.74) is -0.369. The third kappa shape index (κ3) is 5.17. The summed E-state index contributed by atoms with van der Waals surface area (Å²) < 4.78 is 0. The summed E-state index contributed by atoms with van der Waals surface area (Å²) in [6, 6.07) is 3.11. The van der Waals surface area contributed by atoms with E-state index >= 15 is 0 Å². The lowest BCUT2D eigenvalue weighted by molar-refractivity contribution is 0.0213. The Morgan fingerprint density at radius 3 is 2.58 bits per heavy atom. The number of nitrogens with zero attached hydrogens (tertiary/aromatic N) is 1. The summed E-state index contributed by atoms with van der Waals surface area (Å²) >= 11 is 5.74. The van der Waals surface area contributed by atoms with Gasteiger partial charge in [-0.15, -0.1) is 0 Å². The second-order valence-corrected chi connectivity index (χ2v) is 5.16. The van der Waals surface area contributed by atoms with Crippen molar-refractivity contribution in [1.29, 1.82) is 0 Å². The Kier molecular flexibility index (Phi) is 6.25. The van der Waals surface area contributed by atoms with Gasteiger partial charge in [-0.3, -0.25) is 4.79 Å². The molecule has 0 unspecified atom stereocenters. The highest BCUT2D eigenvalue weighted by Crippen LogP contribution is 2.18. The second kappa shape index (κ2) is 7.46. The molecule has 1 rings (SSSR count). The molecule has 1 aromatic heterocycles. The molecule has 0 bridgehead atoms. The van der Waals surface area contributed by atoms with Crippen molar-refractivity contribution in [3.63, 3.8) is 0 Å². The zero-order valence-electron chi connectivity index (χ0n) is 11.4. The molecule has 0 radical (unpaired) electrons. The van der Waals surface area contributed by atoms with E-state index in [4.69, 9.17) is 11.6 Å². The van der Waals surface area contributed by atoms with Crippen molar-refractivity contribution >= 4 is 17.5 Å². The number of nitrogens with one attached hydrogen (secondary N) is 1. The van der Waals surface area contributed by atoms with E-state index in [1.54, 1.807) is 6.07 Å². The average Bonchev–Trinajstić information content (AvgIpc) is 2.37. The Hall–Kier alpha value is -1.13. The molecular weight excluding hydrogens is 264 g/mol. The lowest BCUT2D eigenvalue weighted by atomic mass is 9.92. The number of amides is 1. The highest BCUT2D eigenvalue weighted by atomic mass is 35.5. The molecule has 1 aromatic rings. The topological polar surface area (TPSA) is 62.2 Å². The van der Waals surface area contributed by atoms with Crippen LogP contribution in [0.5, 0.6) is 0 Å². The van der Waals surface area contributed by atoms with E-state index in [0.717, 1.165) is 12.8 Å². The summed E-state index contributed by atoms with van der Waals surface area (Å²) in [5, 5.41) is 13.5. The first-order valence-electron chi connectivity index (χ1n) is 6.63. The van der Waals surface area contributed by atoms with E-state index in [9.17, 15) is 9.90 Å². The van der Waals surface area contributed by atoms with Gasteiger partial charge in [0, 0.05) is 18.3 Å². The monoisotopic (exact) mass is 284 g/mol. The molecule has 0 fully saturated rings. The Bertz CT molecular complexity index is 418. The van der Waals surface area contributed by atoms with Crippen molar-refractivity contribution in [3.05, 3.63) is 29.0 Å². The van der Waals surface area contributed by atoms with Crippen molar-refractivity contribution in [2.45, 2.75) is 45.1 Å². The number of carbonyl (C=O) groups excluding carboxylic acids is 1. The summed E-state index contributed by atoms with van der Waals surface area (Å²) in [6.07, 6.45) is 4.61. The third-order valence-electron chi connectivity index (χ3n) is 3.00. The number of rotatable bonds is 7. The summed E-state index contributed by atoms with van der Waals surface area (Å²) in [5.74, 6) is -0.241. The van der Waals surface area contributed by atoms with Gasteiger partial charge in [0.25, 0.3) is 5.91 Å². The molecule has 4 nitrogen and oxygen atoms in total. The second-order valence-electron chi connectivity index (χ2n) is 4.77. The predicted molar refractivity (Wildman–Crippen MR) is 76.3 cm³/mol. The molecule has 106 valence electrons. The van der Waals surface area contributed by atoms with Gasteiger partial charge in [0.1, 0.15) is 5.15 Å². The van der Waals surface area contributed by atoms with Gasteiger partial charge in [0.15, 0.2) is 0 Å². The van der Waals surface area contributed by atoms with Crippen LogP contribution in [-0.2, 0) is 0 Å². The Morgan fingerprint density at radius 1 is 1.42 bits per heavy atom. The number of aliphatic hydroxyl groups is 1. The fraction of sp³-hybridized carbons (Fsp3) is 0.571. The first-order valence-corrected chi connectivity index (χ1v) is 7.00. The van der Waals surface area contributed by atoms with Crippen LogP contribution in [0.15, 0.2) is 18.3 Å². The van der Waals surface area contributed by atoms with Gasteiger partial charge >= 0.3 is 0 Å².